The standard InChI is InChI=1S/C60H49B2N7Si.Pt/c1-41-21-16-22-42(2)57(41)61-67(47-29-14-9-15-30-47)53-39-56-54(65-40-64(45-25-10-7-11-26-45)50-33-19-35-55(59(50)65)70(56,5)6)38-52(53)68(61)48-31-18-32-49(37-48)69-60-51(34-20-36-63-60)66(46-27-12-8-13-28-46)62(69)58-43(3)23-17-24-44(58)4;/h7-36,39H,1-6H3;/q-2;. The summed E-state index contributed by atoms with van der Waals surface area (Å²) in [7, 11) is -2.35. The van der Waals surface area contributed by atoms with E-state index in [1.165, 1.54) is 49.1 Å². The molecule has 10 aromatic rings. The van der Waals surface area contributed by atoms with Crippen LogP contribution in [0.5, 0.6) is 0 Å². The molecule has 0 fully saturated rings. The second-order valence-corrected chi connectivity index (χ2v) is 23.8. The van der Waals surface area contributed by atoms with Gasteiger partial charge in [0.2, 0.25) is 0 Å². The van der Waals surface area contributed by atoms with Crippen molar-refractivity contribution in [1.29, 1.82) is 0 Å². The Labute approximate surface area is 432 Å². The molecule has 0 saturated carbocycles. The third-order valence-corrected chi connectivity index (χ3v) is 18.4. The van der Waals surface area contributed by atoms with Crippen molar-refractivity contribution in [3.8, 4) is 11.4 Å². The molecular weight excluding hydrogens is 1060 g/mol. The molecule has 71 heavy (non-hydrogen) atoms. The first-order valence-corrected chi connectivity index (χ1v) is 27.2. The molecule has 0 saturated heterocycles. The van der Waals surface area contributed by atoms with Crippen molar-refractivity contribution in [1.82, 2.24) is 9.55 Å². The number of pyridine rings is 1. The molecule has 5 heterocycles. The van der Waals surface area contributed by atoms with Crippen molar-refractivity contribution in [2.75, 3.05) is 19.2 Å². The Balaban J connectivity index is 0.00000517. The minimum absolute atomic E-state index is 0. The summed E-state index contributed by atoms with van der Waals surface area (Å²) in [6.45, 7) is 13.4. The van der Waals surface area contributed by atoms with Crippen LogP contribution >= 0.6 is 0 Å². The smallest absolute Gasteiger partial charge is 0.415 e. The van der Waals surface area contributed by atoms with Crippen LogP contribution in [0.1, 0.15) is 22.3 Å². The van der Waals surface area contributed by atoms with Crippen LogP contribution in [0.3, 0.4) is 0 Å². The number of hydrogen-bond acceptors (Lipinski definition) is 5. The molecule has 0 atom stereocenters. The van der Waals surface area contributed by atoms with Gasteiger partial charge in [-0.2, -0.15) is 18.2 Å². The Morgan fingerprint density at radius 3 is 1.65 bits per heavy atom. The first-order chi connectivity index (χ1) is 34.2. The van der Waals surface area contributed by atoms with E-state index in [1.54, 1.807) is 0 Å². The SMILES string of the molecule is Cc1cccc(C)c1B1N(c2[c-]c(N3B(c4c(C)cccc4C)N(c4ccccc4)c4cccnc43)ccc2)c2[c-]c3c(cc2N1c1ccccc1)[Si](C)(C)c1cccc2c1n-3[c-][n+]2-c1ccccc1.[Pt]. The summed E-state index contributed by atoms with van der Waals surface area (Å²) >= 11 is 0. The second kappa shape index (κ2) is 17.2. The molecule has 346 valence electrons. The van der Waals surface area contributed by atoms with Crippen molar-refractivity contribution in [2.45, 2.75) is 40.8 Å². The van der Waals surface area contributed by atoms with Crippen LogP contribution in [0.25, 0.3) is 22.4 Å². The van der Waals surface area contributed by atoms with Crippen LogP contribution in [-0.2, 0) is 21.1 Å². The van der Waals surface area contributed by atoms with Crippen molar-refractivity contribution in [3.05, 3.63) is 229 Å². The van der Waals surface area contributed by atoms with Crippen LogP contribution in [0.15, 0.2) is 188 Å². The van der Waals surface area contributed by atoms with Gasteiger partial charge in [0.15, 0.2) is 0 Å². The monoisotopic (exact) mass is 1110 g/mol. The van der Waals surface area contributed by atoms with E-state index in [4.69, 9.17) is 4.98 Å². The summed E-state index contributed by atoms with van der Waals surface area (Å²) in [5.41, 5.74) is 19.1. The fourth-order valence-electron chi connectivity index (χ4n) is 11.7. The Morgan fingerprint density at radius 1 is 0.493 bits per heavy atom. The van der Waals surface area contributed by atoms with E-state index < -0.39 is 8.07 Å². The van der Waals surface area contributed by atoms with E-state index in [-0.39, 0.29) is 35.0 Å². The van der Waals surface area contributed by atoms with Gasteiger partial charge in [0.05, 0.1) is 22.4 Å². The molecule has 7 nitrogen and oxygen atoms in total. The molecule has 2 aromatic heterocycles. The Hall–Kier alpha value is -7.38. The quantitative estimate of drug-likeness (QED) is 0.0903. The number of benzene rings is 8. The summed E-state index contributed by atoms with van der Waals surface area (Å²) in [5, 5.41) is 2.73. The summed E-state index contributed by atoms with van der Waals surface area (Å²) in [6, 6.07) is 74.0. The Morgan fingerprint density at radius 2 is 1.03 bits per heavy atom. The molecular formula is C60H49B2N7PtSi-2. The zero-order chi connectivity index (χ0) is 47.4. The van der Waals surface area contributed by atoms with Gasteiger partial charge in [-0.25, -0.2) is 4.98 Å². The molecule has 3 aliphatic rings. The maximum Gasteiger partial charge on any atom is 0.420 e. The molecule has 13 rings (SSSR count). The average molecular weight is 1110 g/mol. The molecule has 0 radical (unpaired) electrons. The third-order valence-electron chi connectivity index (χ3n) is 15.0. The number of para-hydroxylation sites is 4. The number of hydrogen-bond donors (Lipinski definition) is 0. The predicted octanol–water partition coefficient (Wildman–Crippen LogP) is 10.4. The number of rotatable bonds is 7. The maximum atomic E-state index is 5.18. The van der Waals surface area contributed by atoms with Crippen LogP contribution < -0.4 is 45.1 Å². The van der Waals surface area contributed by atoms with Crippen LogP contribution in [0.2, 0.25) is 13.1 Å². The zero-order valence-corrected chi connectivity index (χ0v) is 43.8. The number of aromatic nitrogens is 3. The fourth-order valence-corrected chi connectivity index (χ4v) is 14.6. The summed E-state index contributed by atoms with van der Waals surface area (Å²) in [5.74, 6) is 0.886. The first-order valence-electron chi connectivity index (χ1n) is 24.2. The van der Waals surface area contributed by atoms with Crippen molar-refractivity contribution >= 4 is 100 Å². The van der Waals surface area contributed by atoms with Gasteiger partial charge in [-0.05, 0) is 92.8 Å². The van der Waals surface area contributed by atoms with Crippen molar-refractivity contribution < 1.29 is 25.6 Å². The van der Waals surface area contributed by atoms with Crippen LogP contribution in [0, 0.1) is 46.2 Å². The van der Waals surface area contributed by atoms with E-state index in [0.717, 1.165) is 62.5 Å². The van der Waals surface area contributed by atoms with Gasteiger partial charge < -0.3 is 23.8 Å². The summed E-state index contributed by atoms with van der Waals surface area (Å²) in [6.07, 6.45) is 5.77. The number of nitrogens with zero attached hydrogens (tertiary/aromatic N) is 7. The van der Waals surface area contributed by atoms with E-state index >= 15 is 0 Å². The molecule has 8 aromatic carbocycles. The summed E-state index contributed by atoms with van der Waals surface area (Å²) < 4.78 is 4.51. The normalized spacial score (nSPS) is 14.2. The molecule has 0 amide bonds. The Kier molecular flexibility index (Phi) is 10.8. The molecule has 0 unspecified atom stereocenters. The largest absolute Gasteiger partial charge is 0.420 e. The molecule has 0 aliphatic carbocycles. The van der Waals surface area contributed by atoms with Crippen LogP contribution in [-0.4, -0.2) is 31.6 Å². The minimum Gasteiger partial charge on any atom is -0.415 e. The van der Waals surface area contributed by atoms with Gasteiger partial charge in [-0.3, -0.25) is 4.57 Å². The van der Waals surface area contributed by atoms with E-state index in [2.05, 4.69) is 264 Å². The van der Waals surface area contributed by atoms with Gasteiger partial charge in [0.1, 0.15) is 5.82 Å². The number of aryl methyl sites for hydroxylation is 4. The van der Waals surface area contributed by atoms with Crippen LogP contribution in [0.4, 0.5) is 45.6 Å². The third kappa shape index (κ3) is 6.82. The van der Waals surface area contributed by atoms with Crippen molar-refractivity contribution in [3.63, 3.8) is 0 Å². The molecule has 0 bridgehead atoms. The molecule has 3 aliphatic heterocycles. The first kappa shape index (κ1) is 44.8. The minimum atomic E-state index is -2.35. The molecule has 0 N–H and O–H groups in total. The summed E-state index contributed by atoms with van der Waals surface area (Å²) in [4.78, 5) is 15.1. The van der Waals surface area contributed by atoms with E-state index in [0.29, 0.717) is 0 Å². The fraction of sp³-hybridized carbons (Fsp3) is 0.100. The van der Waals surface area contributed by atoms with Gasteiger partial charge in [0, 0.05) is 46.7 Å². The number of imidazole rings is 1. The Bertz CT molecular complexity index is 3660. The maximum absolute atomic E-state index is 5.18. The van der Waals surface area contributed by atoms with Gasteiger partial charge in [0.25, 0.3) is 6.33 Å². The van der Waals surface area contributed by atoms with E-state index in [1.807, 2.05) is 12.3 Å². The predicted molar refractivity (Wildman–Crippen MR) is 293 cm³/mol. The van der Waals surface area contributed by atoms with Gasteiger partial charge >= 0.3 is 14.0 Å². The van der Waals surface area contributed by atoms with E-state index in [9.17, 15) is 0 Å². The number of fused-ring (bicyclic) bond motifs is 4. The van der Waals surface area contributed by atoms with Gasteiger partial charge in [-0.15, -0.1) is 23.4 Å². The zero-order valence-electron chi connectivity index (χ0n) is 40.5. The number of anilines is 8. The van der Waals surface area contributed by atoms with Crippen molar-refractivity contribution in [2.24, 2.45) is 0 Å². The average Bonchev–Trinajstić information content (AvgIpc) is 4.05. The topological polar surface area (TPSA) is 34.7 Å². The van der Waals surface area contributed by atoms with Gasteiger partial charge in [-0.1, -0.05) is 172 Å². The molecule has 11 heteroatoms. The molecule has 0 spiro atoms. The second-order valence-electron chi connectivity index (χ2n) is 19.4.